The maximum absolute atomic E-state index is 12.6. The minimum absolute atomic E-state index is 0.0427. The van der Waals surface area contributed by atoms with Gasteiger partial charge in [-0.1, -0.05) is 12.1 Å². The van der Waals surface area contributed by atoms with Crippen LogP contribution in [0.5, 0.6) is 0 Å². The van der Waals surface area contributed by atoms with Gasteiger partial charge in [0.1, 0.15) is 5.82 Å². The van der Waals surface area contributed by atoms with E-state index in [1.54, 1.807) is 22.9 Å². The summed E-state index contributed by atoms with van der Waals surface area (Å²) in [6.07, 6.45) is 3.37. The van der Waals surface area contributed by atoms with Crippen molar-refractivity contribution in [3.05, 3.63) is 57.6 Å². The molecule has 3 heterocycles. The fourth-order valence-corrected chi connectivity index (χ4v) is 3.66. The van der Waals surface area contributed by atoms with Gasteiger partial charge in [0, 0.05) is 17.2 Å². The van der Waals surface area contributed by atoms with Crippen molar-refractivity contribution in [2.75, 3.05) is 18.4 Å². The summed E-state index contributed by atoms with van der Waals surface area (Å²) in [6.45, 7) is 1.84. The zero-order valence-corrected chi connectivity index (χ0v) is 16.2. The van der Waals surface area contributed by atoms with Crippen LogP contribution in [0.1, 0.15) is 12.8 Å². The van der Waals surface area contributed by atoms with E-state index in [2.05, 4.69) is 31.1 Å². The topological polar surface area (TPSA) is 80.4 Å². The number of nitrogens with zero attached hydrogens (tertiary/aromatic N) is 3. The highest BCUT2D eigenvalue weighted by atomic mass is 79.9. The van der Waals surface area contributed by atoms with Gasteiger partial charge in [-0.3, -0.25) is 14.3 Å². The van der Waals surface area contributed by atoms with Crippen molar-refractivity contribution in [2.24, 2.45) is 5.92 Å². The van der Waals surface area contributed by atoms with E-state index >= 15 is 0 Å². The Labute approximate surface area is 164 Å². The minimum atomic E-state index is -0.373. The number of carbonyl (C=O) groups is 1. The molecule has 7 nitrogen and oxygen atoms in total. The lowest BCUT2D eigenvalue weighted by atomic mass is 9.97. The molecule has 1 aromatic carbocycles. The van der Waals surface area contributed by atoms with Crippen LogP contribution in [0.25, 0.3) is 11.1 Å². The van der Waals surface area contributed by atoms with Crippen molar-refractivity contribution < 1.29 is 9.21 Å². The molecule has 1 unspecified atom stereocenters. The van der Waals surface area contributed by atoms with Crippen LogP contribution >= 0.6 is 15.9 Å². The third-order valence-electron chi connectivity index (χ3n) is 4.77. The largest absolute Gasteiger partial charge is 0.421 e. The maximum atomic E-state index is 12.6. The van der Waals surface area contributed by atoms with Crippen LogP contribution in [0.15, 0.2) is 56.3 Å². The Kier molecular flexibility index (Phi) is 5.09. The van der Waals surface area contributed by atoms with E-state index in [0.29, 0.717) is 24.6 Å². The molecule has 3 aromatic rings. The molecule has 1 saturated heterocycles. The van der Waals surface area contributed by atoms with Gasteiger partial charge in [-0.05, 0) is 59.6 Å². The first kappa shape index (κ1) is 17.9. The number of anilines is 1. The predicted molar refractivity (Wildman–Crippen MR) is 105 cm³/mol. The molecular weight excluding hydrogens is 412 g/mol. The van der Waals surface area contributed by atoms with Crippen LogP contribution in [0.2, 0.25) is 0 Å². The van der Waals surface area contributed by atoms with Gasteiger partial charge in [0.2, 0.25) is 5.91 Å². The van der Waals surface area contributed by atoms with E-state index in [-0.39, 0.29) is 17.6 Å². The Morgan fingerprint density at radius 3 is 2.96 bits per heavy atom. The van der Waals surface area contributed by atoms with Gasteiger partial charge in [-0.25, -0.2) is 9.78 Å². The lowest BCUT2D eigenvalue weighted by Crippen LogP contribution is -2.42. The molecule has 4 rings (SSSR count). The summed E-state index contributed by atoms with van der Waals surface area (Å²) in [5.41, 5.74) is 1.35. The molecule has 0 radical (unpaired) electrons. The molecule has 1 aliphatic heterocycles. The fourth-order valence-electron chi connectivity index (χ4n) is 3.42. The van der Waals surface area contributed by atoms with Crippen LogP contribution in [0.3, 0.4) is 0 Å². The molecule has 0 bridgehead atoms. The molecular formula is C19H19BrN4O3. The number of nitrogens with one attached hydrogen (secondary N) is 1. The zero-order chi connectivity index (χ0) is 18.8. The number of rotatable bonds is 4. The second kappa shape index (κ2) is 7.66. The van der Waals surface area contributed by atoms with Crippen molar-refractivity contribution in [2.45, 2.75) is 19.5 Å². The summed E-state index contributed by atoms with van der Waals surface area (Å²) in [6, 6.07) is 11.0. The second-order valence-corrected chi connectivity index (χ2v) is 7.59. The number of hydrogen-bond donors (Lipinski definition) is 1. The van der Waals surface area contributed by atoms with E-state index < -0.39 is 0 Å². The number of benzene rings is 1. The quantitative estimate of drug-likeness (QED) is 0.687. The van der Waals surface area contributed by atoms with Gasteiger partial charge >= 0.3 is 5.76 Å². The zero-order valence-electron chi connectivity index (χ0n) is 14.6. The molecule has 2 aromatic heterocycles. The molecule has 1 aliphatic rings. The van der Waals surface area contributed by atoms with E-state index in [9.17, 15) is 9.59 Å². The molecule has 1 amide bonds. The van der Waals surface area contributed by atoms with Crippen molar-refractivity contribution in [3.63, 3.8) is 0 Å². The number of para-hydroxylation sites is 2. The summed E-state index contributed by atoms with van der Waals surface area (Å²) in [7, 11) is 0. The first-order chi connectivity index (χ1) is 13.1. The SMILES string of the molecule is O=C(Nc1ccc(Br)cn1)C1CCCN(Cn2c(=O)oc3ccccc32)C1. The number of piperidine rings is 1. The number of aromatic nitrogens is 2. The van der Waals surface area contributed by atoms with Gasteiger partial charge in [0.05, 0.1) is 18.1 Å². The summed E-state index contributed by atoms with van der Waals surface area (Å²) >= 11 is 3.33. The number of pyridine rings is 1. The van der Waals surface area contributed by atoms with Gasteiger partial charge in [-0.2, -0.15) is 0 Å². The smallest absolute Gasteiger partial charge is 0.408 e. The Morgan fingerprint density at radius 2 is 2.15 bits per heavy atom. The predicted octanol–water partition coefficient (Wildman–Crippen LogP) is 3.06. The van der Waals surface area contributed by atoms with Crippen molar-refractivity contribution in [3.8, 4) is 0 Å². The molecule has 1 atom stereocenters. The van der Waals surface area contributed by atoms with Crippen LogP contribution in [0, 0.1) is 5.92 Å². The van der Waals surface area contributed by atoms with Gasteiger partial charge in [-0.15, -0.1) is 0 Å². The lowest BCUT2D eigenvalue weighted by molar-refractivity contribution is -0.121. The van der Waals surface area contributed by atoms with Crippen molar-refractivity contribution >= 4 is 38.8 Å². The standard InChI is InChI=1S/C19H19BrN4O3/c20-14-7-8-17(21-10-14)22-18(25)13-4-3-9-23(11-13)12-24-15-5-1-2-6-16(15)27-19(24)26/h1-2,5-8,10,13H,3-4,9,11-12H2,(H,21,22,25). The monoisotopic (exact) mass is 430 g/mol. The average Bonchev–Trinajstić information content (AvgIpc) is 2.99. The summed E-state index contributed by atoms with van der Waals surface area (Å²) in [5.74, 6) is -0.0174. The van der Waals surface area contributed by atoms with Crippen molar-refractivity contribution in [1.82, 2.24) is 14.5 Å². The molecule has 0 aliphatic carbocycles. The lowest BCUT2D eigenvalue weighted by Gasteiger charge is -2.31. The minimum Gasteiger partial charge on any atom is -0.408 e. The van der Waals surface area contributed by atoms with E-state index in [1.807, 2.05) is 24.3 Å². The summed E-state index contributed by atoms with van der Waals surface area (Å²) in [5, 5.41) is 2.87. The number of amides is 1. The average molecular weight is 431 g/mol. The first-order valence-electron chi connectivity index (χ1n) is 8.83. The van der Waals surface area contributed by atoms with E-state index in [1.165, 1.54) is 0 Å². The number of fused-ring (bicyclic) bond motifs is 1. The molecule has 1 fully saturated rings. The van der Waals surface area contributed by atoms with Gasteiger partial charge in [0.15, 0.2) is 5.58 Å². The number of halogens is 1. The van der Waals surface area contributed by atoms with Gasteiger partial charge < -0.3 is 9.73 Å². The second-order valence-electron chi connectivity index (χ2n) is 6.67. The van der Waals surface area contributed by atoms with E-state index in [0.717, 1.165) is 29.4 Å². The third-order valence-corrected chi connectivity index (χ3v) is 5.24. The van der Waals surface area contributed by atoms with Crippen LogP contribution in [-0.2, 0) is 11.5 Å². The highest BCUT2D eigenvalue weighted by Gasteiger charge is 2.27. The Balaban J connectivity index is 1.44. The highest BCUT2D eigenvalue weighted by molar-refractivity contribution is 9.10. The third kappa shape index (κ3) is 3.96. The number of hydrogen-bond acceptors (Lipinski definition) is 5. The molecule has 27 heavy (non-hydrogen) atoms. The Morgan fingerprint density at radius 1 is 1.30 bits per heavy atom. The maximum Gasteiger partial charge on any atom is 0.421 e. The molecule has 8 heteroatoms. The van der Waals surface area contributed by atoms with Crippen LogP contribution in [0.4, 0.5) is 5.82 Å². The normalized spacial score (nSPS) is 17.9. The molecule has 1 N–H and O–H groups in total. The van der Waals surface area contributed by atoms with Crippen molar-refractivity contribution in [1.29, 1.82) is 0 Å². The summed E-state index contributed by atoms with van der Waals surface area (Å²) < 4.78 is 7.77. The van der Waals surface area contributed by atoms with Crippen LogP contribution < -0.4 is 11.1 Å². The summed E-state index contributed by atoms with van der Waals surface area (Å²) in [4.78, 5) is 31.1. The molecule has 140 valence electrons. The Bertz CT molecular complexity index is 1010. The molecule has 0 spiro atoms. The first-order valence-corrected chi connectivity index (χ1v) is 9.62. The van der Waals surface area contributed by atoms with Gasteiger partial charge in [0.25, 0.3) is 0 Å². The highest BCUT2D eigenvalue weighted by Crippen LogP contribution is 2.20. The van der Waals surface area contributed by atoms with Crippen LogP contribution in [-0.4, -0.2) is 33.4 Å². The Hall–Kier alpha value is -2.45. The number of likely N-dealkylation sites (tertiary alicyclic amines) is 1. The number of carbonyl (C=O) groups excluding carboxylic acids is 1. The van der Waals surface area contributed by atoms with E-state index in [4.69, 9.17) is 4.42 Å². The number of oxazole rings is 1. The molecule has 0 saturated carbocycles. The fraction of sp³-hybridized carbons (Fsp3) is 0.316.